The van der Waals surface area contributed by atoms with Gasteiger partial charge in [-0.05, 0) is 81.0 Å². The molecule has 254 valence electrons. The van der Waals surface area contributed by atoms with E-state index >= 15 is 0 Å². The van der Waals surface area contributed by atoms with Gasteiger partial charge in [-0.25, -0.2) is 0 Å². The Labute approximate surface area is 278 Å². The lowest BCUT2D eigenvalue weighted by molar-refractivity contribution is 0.0684. The zero-order valence-electron chi connectivity index (χ0n) is 27.8. The summed E-state index contributed by atoms with van der Waals surface area (Å²) < 4.78 is 5.40. The minimum absolute atomic E-state index is 0.0688. The van der Waals surface area contributed by atoms with Gasteiger partial charge in [-0.3, -0.25) is 9.59 Å². The quantitative estimate of drug-likeness (QED) is 0.160. The molecule has 1 saturated heterocycles. The summed E-state index contributed by atoms with van der Waals surface area (Å²) >= 11 is 0. The highest BCUT2D eigenvalue weighted by atomic mass is 16.5. The Balaban J connectivity index is 1.60. The van der Waals surface area contributed by atoms with E-state index in [1.54, 1.807) is 25.3 Å². The van der Waals surface area contributed by atoms with Crippen LogP contribution in [0.2, 0.25) is 0 Å². The zero-order chi connectivity index (χ0) is 33.8. The fraction of sp³-hybridized carbons (Fsp3) is 0.459. The van der Waals surface area contributed by atoms with Gasteiger partial charge in [-0.2, -0.15) is 0 Å². The van der Waals surface area contributed by atoms with Crippen LogP contribution in [0.1, 0.15) is 65.0 Å². The minimum atomic E-state index is -0.944. The second kappa shape index (κ2) is 17.3. The van der Waals surface area contributed by atoms with Crippen molar-refractivity contribution >= 4 is 17.5 Å². The van der Waals surface area contributed by atoms with Gasteiger partial charge in [0.15, 0.2) is 0 Å². The number of carbonyl (C=O) groups excluding carboxylic acids is 2. The molecule has 47 heavy (non-hydrogen) atoms. The highest BCUT2D eigenvalue weighted by Gasteiger charge is 2.28. The average Bonchev–Trinajstić information content (AvgIpc) is 3.10. The molecule has 0 saturated carbocycles. The summed E-state index contributed by atoms with van der Waals surface area (Å²) in [6, 6.07) is 22.0. The number of methoxy groups -OCH3 is 1. The Morgan fingerprint density at radius 3 is 2.26 bits per heavy atom. The second-order valence-electron chi connectivity index (χ2n) is 12.6. The molecule has 0 unspecified atom stereocenters. The van der Waals surface area contributed by atoms with Crippen molar-refractivity contribution in [3.05, 3.63) is 95.1 Å². The molecule has 0 aliphatic carbocycles. The molecule has 2 amide bonds. The molecule has 2 atom stereocenters. The van der Waals surface area contributed by atoms with Crippen molar-refractivity contribution < 1.29 is 29.6 Å². The van der Waals surface area contributed by atoms with Gasteiger partial charge in [0, 0.05) is 55.1 Å². The Bertz CT molecular complexity index is 1440. The molecule has 1 aliphatic heterocycles. The molecule has 3 aromatic carbocycles. The number of anilines is 1. The molecule has 10 heteroatoms. The summed E-state index contributed by atoms with van der Waals surface area (Å²) in [5.74, 6) is -0.0284. The van der Waals surface area contributed by atoms with Gasteiger partial charge in [0.25, 0.3) is 11.8 Å². The van der Waals surface area contributed by atoms with E-state index in [-0.39, 0.29) is 38.8 Å². The predicted octanol–water partition coefficient (Wildman–Crippen LogP) is 3.34. The zero-order valence-corrected chi connectivity index (χ0v) is 27.8. The van der Waals surface area contributed by atoms with E-state index in [0.29, 0.717) is 17.5 Å². The van der Waals surface area contributed by atoms with Crippen molar-refractivity contribution in [3.63, 3.8) is 0 Å². The van der Waals surface area contributed by atoms with Crippen LogP contribution in [0.3, 0.4) is 0 Å². The summed E-state index contributed by atoms with van der Waals surface area (Å²) in [6.07, 6.45) is 2.62. The van der Waals surface area contributed by atoms with Crippen LogP contribution in [0.5, 0.6) is 5.75 Å². The molecule has 0 radical (unpaired) electrons. The van der Waals surface area contributed by atoms with E-state index in [0.717, 1.165) is 54.9 Å². The van der Waals surface area contributed by atoms with Gasteiger partial charge >= 0.3 is 0 Å². The SMILES string of the molecule is COc1cccc(C(C)(C)NC[C@@H](O)[C@H](Cc2ccccc2)NC(=O)c2cc(C(=O)N(CCO)CCO)cc(N3CCCCC3)c2)c1. The fourth-order valence-electron chi connectivity index (χ4n) is 5.96. The summed E-state index contributed by atoms with van der Waals surface area (Å²) in [7, 11) is 1.63. The highest BCUT2D eigenvalue weighted by molar-refractivity contribution is 6.01. The Hall–Kier alpha value is -3.96. The number of ether oxygens (including phenoxy) is 1. The normalized spacial score (nSPS) is 14.7. The molecule has 1 heterocycles. The summed E-state index contributed by atoms with van der Waals surface area (Å²) in [5, 5.41) is 37.2. The topological polar surface area (TPSA) is 135 Å². The van der Waals surface area contributed by atoms with Gasteiger partial charge in [0.1, 0.15) is 5.75 Å². The van der Waals surface area contributed by atoms with Crippen LogP contribution in [0.4, 0.5) is 5.69 Å². The molecular weight excluding hydrogens is 596 g/mol. The maximum absolute atomic E-state index is 14.0. The van der Waals surface area contributed by atoms with Crippen molar-refractivity contribution in [1.82, 2.24) is 15.5 Å². The number of nitrogens with zero attached hydrogens (tertiary/aromatic N) is 2. The summed E-state index contributed by atoms with van der Waals surface area (Å²) in [5.41, 5.74) is 2.85. The third-order valence-electron chi connectivity index (χ3n) is 8.80. The number of carbonyl (C=O) groups is 2. The molecule has 1 fully saturated rings. The Morgan fingerprint density at radius 1 is 0.915 bits per heavy atom. The largest absolute Gasteiger partial charge is 0.497 e. The van der Waals surface area contributed by atoms with E-state index in [2.05, 4.69) is 15.5 Å². The van der Waals surface area contributed by atoms with E-state index in [1.165, 1.54) is 4.90 Å². The van der Waals surface area contributed by atoms with Crippen molar-refractivity contribution in [2.24, 2.45) is 0 Å². The Kier molecular flexibility index (Phi) is 13.2. The predicted molar refractivity (Wildman–Crippen MR) is 184 cm³/mol. The van der Waals surface area contributed by atoms with E-state index < -0.39 is 23.6 Å². The first-order valence-corrected chi connectivity index (χ1v) is 16.5. The van der Waals surface area contributed by atoms with Gasteiger partial charge in [0.05, 0.1) is 32.5 Å². The van der Waals surface area contributed by atoms with Crippen molar-refractivity contribution in [2.45, 2.75) is 57.2 Å². The molecular formula is C37H50N4O6. The van der Waals surface area contributed by atoms with Crippen molar-refractivity contribution in [1.29, 1.82) is 0 Å². The van der Waals surface area contributed by atoms with Gasteiger partial charge < -0.3 is 40.5 Å². The lowest BCUT2D eigenvalue weighted by atomic mass is 9.93. The monoisotopic (exact) mass is 646 g/mol. The molecule has 5 N–H and O–H groups in total. The molecule has 0 bridgehead atoms. The third-order valence-corrected chi connectivity index (χ3v) is 8.80. The number of piperidine rings is 1. The number of nitrogens with one attached hydrogen (secondary N) is 2. The summed E-state index contributed by atoms with van der Waals surface area (Å²) in [6.45, 7) is 5.55. The first kappa shape index (κ1) is 35.9. The molecule has 10 nitrogen and oxygen atoms in total. The minimum Gasteiger partial charge on any atom is -0.497 e. The van der Waals surface area contributed by atoms with Crippen LogP contribution in [0, 0.1) is 0 Å². The van der Waals surface area contributed by atoms with Crippen LogP contribution in [0.15, 0.2) is 72.8 Å². The lowest BCUT2D eigenvalue weighted by Crippen LogP contribution is -2.51. The van der Waals surface area contributed by atoms with Crippen LogP contribution >= 0.6 is 0 Å². The van der Waals surface area contributed by atoms with Gasteiger partial charge in [0.2, 0.25) is 0 Å². The van der Waals surface area contributed by atoms with E-state index in [1.807, 2.05) is 68.4 Å². The molecule has 0 spiro atoms. The number of hydrogen-bond acceptors (Lipinski definition) is 8. The number of aliphatic hydroxyl groups is 3. The second-order valence-corrected chi connectivity index (χ2v) is 12.6. The molecule has 3 aromatic rings. The van der Waals surface area contributed by atoms with Crippen molar-refractivity contribution in [3.8, 4) is 5.75 Å². The first-order chi connectivity index (χ1) is 22.6. The van der Waals surface area contributed by atoms with E-state index in [4.69, 9.17) is 4.74 Å². The molecule has 0 aromatic heterocycles. The molecule has 1 aliphatic rings. The first-order valence-electron chi connectivity index (χ1n) is 16.5. The summed E-state index contributed by atoms with van der Waals surface area (Å²) in [4.78, 5) is 31.1. The maximum atomic E-state index is 14.0. The average molecular weight is 647 g/mol. The third kappa shape index (κ3) is 10.0. The lowest BCUT2D eigenvalue weighted by Gasteiger charge is -2.32. The van der Waals surface area contributed by atoms with Crippen molar-refractivity contribution in [2.75, 3.05) is 57.9 Å². The van der Waals surface area contributed by atoms with Gasteiger partial charge in [-0.1, -0.05) is 42.5 Å². The van der Waals surface area contributed by atoms with Crippen LogP contribution in [0.25, 0.3) is 0 Å². The maximum Gasteiger partial charge on any atom is 0.254 e. The number of amides is 2. The van der Waals surface area contributed by atoms with Crippen LogP contribution < -0.4 is 20.3 Å². The fourth-order valence-corrected chi connectivity index (χ4v) is 5.96. The van der Waals surface area contributed by atoms with Gasteiger partial charge in [-0.15, -0.1) is 0 Å². The van der Waals surface area contributed by atoms with E-state index in [9.17, 15) is 24.9 Å². The standard InChI is InChI=1S/C37H50N4O6/c1-37(2,30-13-10-14-32(25-30)47-3)38-26-34(44)33(21-27-11-6-4-7-12-27)39-35(45)28-22-29(36(46)41(17-19-42)18-20-43)24-31(23-28)40-15-8-5-9-16-40/h4,6-7,10-14,22-25,33-34,38,42-44H,5,8-9,15-21,26H2,1-3H3,(H,39,45)/t33-,34+/m0/s1. The Morgan fingerprint density at radius 2 is 1.60 bits per heavy atom. The number of rotatable bonds is 16. The molecule has 4 rings (SSSR count). The smallest absolute Gasteiger partial charge is 0.254 e. The van der Waals surface area contributed by atoms with Crippen LogP contribution in [-0.2, 0) is 12.0 Å². The number of hydrogen-bond donors (Lipinski definition) is 5. The highest BCUT2D eigenvalue weighted by Crippen LogP contribution is 2.26. The van der Waals surface area contributed by atoms with Crippen LogP contribution in [-0.4, -0.2) is 97.2 Å². The number of benzene rings is 3. The number of aliphatic hydroxyl groups excluding tert-OH is 3.